The molecule has 6 nitrogen and oxygen atoms in total. The average Bonchev–Trinajstić information content (AvgIpc) is 3.30. The molecule has 0 radical (unpaired) electrons. The third-order valence-electron chi connectivity index (χ3n) is 3.87. The Labute approximate surface area is 152 Å². The van der Waals surface area contributed by atoms with E-state index in [4.69, 9.17) is 8.94 Å². The van der Waals surface area contributed by atoms with Crippen LogP contribution in [-0.4, -0.2) is 16.0 Å². The number of halogens is 3. The summed E-state index contributed by atoms with van der Waals surface area (Å²) in [5.74, 6) is 0.668. The molecule has 9 heteroatoms. The molecule has 142 valence electrons. The Morgan fingerprint density at radius 1 is 1.26 bits per heavy atom. The van der Waals surface area contributed by atoms with Crippen LogP contribution in [0.25, 0.3) is 11.6 Å². The number of carbonyl (C=O) groups is 1. The van der Waals surface area contributed by atoms with Crippen LogP contribution in [0, 0.1) is 0 Å². The van der Waals surface area contributed by atoms with E-state index in [1.165, 1.54) is 18.4 Å². The van der Waals surface area contributed by atoms with E-state index in [1.807, 2.05) is 0 Å². The highest BCUT2D eigenvalue weighted by molar-refractivity contribution is 5.76. The molecular weight excluding hydrogens is 363 g/mol. The lowest BCUT2D eigenvalue weighted by atomic mass is 10.0. The van der Waals surface area contributed by atoms with Crippen LogP contribution in [0.5, 0.6) is 0 Å². The zero-order valence-electron chi connectivity index (χ0n) is 14.3. The van der Waals surface area contributed by atoms with Crippen molar-refractivity contribution in [2.75, 3.05) is 0 Å². The number of hydrogen-bond acceptors (Lipinski definition) is 5. The molecule has 27 heavy (non-hydrogen) atoms. The molecule has 1 atom stereocenters. The van der Waals surface area contributed by atoms with Crippen molar-refractivity contribution < 1.29 is 26.9 Å². The molecule has 3 aromatic rings. The number of nitrogens with one attached hydrogen (secondary N) is 1. The number of benzene rings is 1. The van der Waals surface area contributed by atoms with Crippen molar-refractivity contribution in [2.45, 2.75) is 32.0 Å². The highest BCUT2D eigenvalue weighted by atomic mass is 19.4. The Balaban J connectivity index is 1.55. The highest BCUT2D eigenvalue weighted by Crippen LogP contribution is 2.30. The fraction of sp³-hybridized carbons (Fsp3) is 0.278. The van der Waals surface area contributed by atoms with Crippen LogP contribution in [-0.2, 0) is 17.4 Å². The van der Waals surface area contributed by atoms with Gasteiger partial charge >= 0.3 is 6.18 Å². The number of aryl methyl sites for hydroxylation is 1. The van der Waals surface area contributed by atoms with Crippen LogP contribution in [0.3, 0.4) is 0 Å². The van der Waals surface area contributed by atoms with Gasteiger partial charge in [-0.25, -0.2) is 0 Å². The summed E-state index contributed by atoms with van der Waals surface area (Å²) in [5.41, 5.74) is -0.381. The zero-order valence-corrected chi connectivity index (χ0v) is 14.3. The Bertz CT molecular complexity index is 904. The maximum Gasteiger partial charge on any atom is 0.416 e. The average molecular weight is 379 g/mol. The molecule has 0 saturated carbocycles. The van der Waals surface area contributed by atoms with Crippen molar-refractivity contribution in [1.29, 1.82) is 0 Å². The van der Waals surface area contributed by atoms with Gasteiger partial charge in [-0.3, -0.25) is 4.79 Å². The van der Waals surface area contributed by atoms with Gasteiger partial charge in [0, 0.05) is 12.8 Å². The summed E-state index contributed by atoms with van der Waals surface area (Å²) < 4.78 is 48.6. The largest absolute Gasteiger partial charge is 0.461 e. The predicted octanol–water partition coefficient (Wildman–Crippen LogP) is 4.16. The standard InChI is InChI=1S/C18H16F3N3O3/c1-11(12-4-2-5-13(10-12)18(19,20)21)22-15(25)7-8-16-23-17(24-27-16)14-6-3-9-26-14/h2-6,9-11H,7-8H2,1H3,(H,22,25). The molecule has 1 aromatic carbocycles. The quantitative estimate of drug-likeness (QED) is 0.696. The topological polar surface area (TPSA) is 81.2 Å². The monoisotopic (exact) mass is 379 g/mol. The fourth-order valence-electron chi connectivity index (χ4n) is 2.46. The summed E-state index contributed by atoms with van der Waals surface area (Å²) in [6, 6.07) is 7.67. The van der Waals surface area contributed by atoms with Crippen molar-refractivity contribution >= 4 is 5.91 Å². The summed E-state index contributed by atoms with van der Waals surface area (Å²) in [7, 11) is 0. The molecular formula is C18H16F3N3O3. The Morgan fingerprint density at radius 3 is 2.78 bits per heavy atom. The Hall–Kier alpha value is -3.10. The van der Waals surface area contributed by atoms with Crippen molar-refractivity contribution in [3.05, 3.63) is 59.7 Å². The minimum atomic E-state index is -4.43. The van der Waals surface area contributed by atoms with Crippen LogP contribution in [0.2, 0.25) is 0 Å². The Kier molecular flexibility index (Phi) is 5.29. The van der Waals surface area contributed by atoms with Gasteiger partial charge in [-0.2, -0.15) is 18.2 Å². The minimum Gasteiger partial charge on any atom is -0.461 e. The first-order valence-corrected chi connectivity index (χ1v) is 8.16. The third-order valence-corrected chi connectivity index (χ3v) is 3.87. The van der Waals surface area contributed by atoms with Crippen molar-refractivity contribution in [3.8, 4) is 11.6 Å². The van der Waals surface area contributed by atoms with Gasteiger partial charge < -0.3 is 14.3 Å². The fourth-order valence-corrected chi connectivity index (χ4v) is 2.46. The van der Waals surface area contributed by atoms with Gasteiger partial charge in [0.05, 0.1) is 17.9 Å². The molecule has 0 aliphatic carbocycles. The molecule has 2 heterocycles. The lowest BCUT2D eigenvalue weighted by Crippen LogP contribution is -2.27. The number of carbonyl (C=O) groups excluding carboxylic acids is 1. The normalized spacial score (nSPS) is 12.7. The van der Waals surface area contributed by atoms with Crippen LogP contribution in [0.15, 0.2) is 51.6 Å². The molecule has 1 unspecified atom stereocenters. The molecule has 1 amide bonds. The number of hydrogen-bond donors (Lipinski definition) is 1. The van der Waals surface area contributed by atoms with E-state index < -0.39 is 17.8 Å². The smallest absolute Gasteiger partial charge is 0.416 e. The molecule has 2 aromatic heterocycles. The minimum absolute atomic E-state index is 0.0586. The molecule has 3 rings (SSSR count). The number of rotatable bonds is 6. The maximum absolute atomic E-state index is 12.8. The number of nitrogens with zero attached hydrogens (tertiary/aromatic N) is 2. The van der Waals surface area contributed by atoms with Gasteiger partial charge in [-0.05, 0) is 36.8 Å². The van der Waals surface area contributed by atoms with Gasteiger partial charge in [0.25, 0.3) is 0 Å². The van der Waals surface area contributed by atoms with E-state index in [-0.39, 0.29) is 30.5 Å². The molecule has 0 aliphatic heterocycles. The first-order chi connectivity index (χ1) is 12.8. The molecule has 0 bridgehead atoms. The second-order valence-corrected chi connectivity index (χ2v) is 5.90. The highest BCUT2D eigenvalue weighted by Gasteiger charge is 2.30. The van der Waals surface area contributed by atoms with Crippen LogP contribution >= 0.6 is 0 Å². The summed E-state index contributed by atoms with van der Waals surface area (Å²) in [5, 5.41) is 6.42. The zero-order chi connectivity index (χ0) is 19.4. The lowest BCUT2D eigenvalue weighted by Gasteiger charge is -2.16. The number of amides is 1. The summed E-state index contributed by atoms with van der Waals surface area (Å²) in [4.78, 5) is 16.2. The second kappa shape index (κ2) is 7.65. The van der Waals surface area contributed by atoms with E-state index in [9.17, 15) is 18.0 Å². The third kappa shape index (κ3) is 4.75. The van der Waals surface area contributed by atoms with E-state index in [0.29, 0.717) is 11.3 Å². The number of furan rings is 1. The Morgan fingerprint density at radius 2 is 2.07 bits per heavy atom. The van der Waals surface area contributed by atoms with E-state index >= 15 is 0 Å². The molecule has 0 fully saturated rings. The summed E-state index contributed by atoms with van der Waals surface area (Å²) in [6.07, 6.45) is -2.69. The van der Waals surface area contributed by atoms with E-state index in [1.54, 1.807) is 19.1 Å². The molecule has 0 saturated heterocycles. The van der Waals surface area contributed by atoms with Gasteiger partial charge in [-0.1, -0.05) is 17.3 Å². The summed E-state index contributed by atoms with van der Waals surface area (Å²) >= 11 is 0. The first-order valence-electron chi connectivity index (χ1n) is 8.16. The maximum atomic E-state index is 12.8. The summed E-state index contributed by atoms with van der Waals surface area (Å²) in [6.45, 7) is 1.62. The van der Waals surface area contributed by atoms with Crippen molar-refractivity contribution in [2.24, 2.45) is 0 Å². The SMILES string of the molecule is CC(NC(=O)CCc1nc(-c2ccco2)no1)c1cccc(C(F)(F)F)c1. The lowest BCUT2D eigenvalue weighted by molar-refractivity contribution is -0.137. The van der Waals surface area contributed by atoms with Gasteiger partial charge in [-0.15, -0.1) is 0 Å². The second-order valence-electron chi connectivity index (χ2n) is 5.90. The first kappa shape index (κ1) is 18.7. The van der Waals surface area contributed by atoms with Crippen LogP contribution in [0.1, 0.15) is 36.4 Å². The van der Waals surface area contributed by atoms with Crippen LogP contribution < -0.4 is 5.32 Å². The van der Waals surface area contributed by atoms with Gasteiger partial charge in [0.1, 0.15) is 0 Å². The predicted molar refractivity (Wildman–Crippen MR) is 88.3 cm³/mol. The molecule has 0 spiro atoms. The van der Waals surface area contributed by atoms with E-state index in [2.05, 4.69) is 15.5 Å². The van der Waals surface area contributed by atoms with Gasteiger partial charge in [0.15, 0.2) is 5.76 Å². The van der Waals surface area contributed by atoms with Gasteiger partial charge in [0.2, 0.25) is 17.6 Å². The van der Waals surface area contributed by atoms with E-state index in [0.717, 1.165) is 12.1 Å². The molecule has 0 aliphatic rings. The molecule has 1 N–H and O–H groups in total. The van der Waals surface area contributed by atoms with Crippen molar-refractivity contribution in [1.82, 2.24) is 15.5 Å². The number of alkyl halides is 3. The van der Waals surface area contributed by atoms with Crippen molar-refractivity contribution in [3.63, 3.8) is 0 Å². The number of aromatic nitrogens is 2. The van der Waals surface area contributed by atoms with Crippen LogP contribution in [0.4, 0.5) is 13.2 Å².